The number of guanidine groups is 1. The molecule has 14 heteroatoms. The molecule has 1 saturated heterocycles. The van der Waals surface area contributed by atoms with Crippen LogP contribution in [0, 0.1) is 5.41 Å². The zero-order chi connectivity index (χ0) is 20.2. The summed E-state index contributed by atoms with van der Waals surface area (Å²) < 4.78 is 36.0. The van der Waals surface area contributed by atoms with Gasteiger partial charge in [-0.05, 0) is 0 Å². The molecule has 0 aromatic rings. The summed E-state index contributed by atoms with van der Waals surface area (Å²) in [4.78, 5) is 28.1. The van der Waals surface area contributed by atoms with Crippen LogP contribution in [0.15, 0.2) is 0 Å². The zero-order valence-corrected chi connectivity index (χ0v) is 13.5. The number of likely N-dealkylation sites (N-methyl/N-ethyl adjacent to an activating group) is 1. The van der Waals surface area contributed by atoms with Gasteiger partial charge in [0.2, 0.25) is 11.9 Å². The predicted octanol–water partition coefficient (Wildman–Crippen LogP) is -3.25. The zero-order valence-electron chi connectivity index (χ0n) is 13.5. The first kappa shape index (κ1) is 21.9. The number of rotatable bonds is 3. The first-order valence-corrected chi connectivity index (χ1v) is 7.18. The molecule has 1 aliphatic heterocycles. The third-order valence-corrected chi connectivity index (χ3v) is 3.66. The summed E-state index contributed by atoms with van der Waals surface area (Å²) >= 11 is 0. The Labute approximate surface area is 145 Å². The van der Waals surface area contributed by atoms with Crippen molar-refractivity contribution in [3.05, 3.63) is 0 Å². The van der Waals surface area contributed by atoms with Crippen LogP contribution in [0.5, 0.6) is 0 Å². The van der Waals surface area contributed by atoms with Gasteiger partial charge in [-0.25, -0.2) is 4.79 Å². The van der Waals surface area contributed by atoms with E-state index in [0.717, 1.165) is 16.8 Å². The molecule has 1 amide bonds. The average Bonchev–Trinajstić information content (AvgIpc) is 2.55. The van der Waals surface area contributed by atoms with Crippen LogP contribution in [-0.2, 0) is 14.4 Å². The summed E-state index contributed by atoms with van der Waals surface area (Å²) in [5.74, 6) is -4.25. The molecule has 0 spiro atoms. The highest BCUT2D eigenvalue weighted by Crippen LogP contribution is 2.19. The molecule has 0 radical (unpaired) electrons. The summed E-state index contributed by atoms with van der Waals surface area (Å²) in [5, 5.41) is 45.7. The van der Waals surface area contributed by atoms with Crippen molar-refractivity contribution >= 4 is 17.8 Å². The normalized spacial score (nSPS) is 26.2. The van der Waals surface area contributed by atoms with Crippen molar-refractivity contribution in [1.29, 1.82) is 5.41 Å². The van der Waals surface area contributed by atoms with E-state index in [4.69, 9.17) is 5.41 Å². The van der Waals surface area contributed by atoms with Crippen LogP contribution in [0.3, 0.4) is 0 Å². The second-order valence-electron chi connectivity index (χ2n) is 5.54. The maximum Gasteiger partial charge on any atom is 0.493 e. The molecule has 26 heavy (non-hydrogen) atoms. The number of halogens is 3. The van der Waals surface area contributed by atoms with Gasteiger partial charge < -0.3 is 35.1 Å². The molecule has 0 unspecified atom stereocenters. The second-order valence-corrected chi connectivity index (χ2v) is 5.54. The van der Waals surface area contributed by atoms with Crippen molar-refractivity contribution in [2.75, 3.05) is 26.7 Å². The van der Waals surface area contributed by atoms with E-state index in [2.05, 4.69) is 4.84 Å². The van der Waals surface area contributed by atoms with E-state index < -0.39 is 68.1 Å². The molecule has 1 heterocycles. The van der Waals surface area contributed by atoms with Gasteiger partial charge in [0.1, 0.15) is 18.3 Å². The number of carbonyl (C=O) groups excluding carboxylic acids is 2. The lowest BCUT2D eigenvalue weighted by molar-refractivity contribution is -0.204. The number of amides is 1. The summed E-state index contributed by atoms with van der Waals surface area (Å²) in [7, 11) is 1.12. The predicted molar refractivity (Wildman–Crippen MR) is 76.2 cm³/mol. The molecule has 11 nitrogen and oxygen atoms in total. The molecule has 0 aromatic heterocycles. The van der Waals surface area contributed by atoms with Crippen LogP contribution in [0.2, 0.25) is 0 Å². The first-order valence-electron chi connectivity index (χ1n) is 7.18. The molecule has 0 aliphatic carbocycles. The number of hydroxylamine groups is 1. The van der Waals surface area contributed by atoms with Gasteiger partial charge in [-0.1, -0.05) is 0 Å². The average molecular weight is 388 g/mol. The van der Waals surface area contributed by atoms with Gasteiger partial charge >= 0.3 is 12.1 Å². The molecule has 150 valence electrons. The number of hydrogen-bond donors (Lipinski definition) is 6. The van der Waals surface area contributed by atoms with Gasteiger partial charge in [0.05, 0.1) is 19.2 Å². The maximum atomic E-state index is 12.2. The molecule has 1 aliphatic rings. The monoisotopic (exact) mass is 388 g/mol. The van der Waals surface area contributed by atoms with Crippen molar-refractivity contribution in [2.24, 2.45) is 0 Å². The number of aliphatic hydroxyl groups is 4. The number of nitrogens with one attached hydrogen (secondary N) is 2. The number of carbonyl (C=O) groups is 2. The minimum atomic E-state index is -5.27. The van der Waals surface area contributed by atoms with Gasteiger partial charge in [0, 0.05) is 13.6 Å². The van der Waals surface area contributed by atoms with E-state index in [1.54, 1.807) is 0 Å². The first-order chi connectivity index (χ1) is 11.9. The molecule has 1 rings (SSSR count). The topological polar surface area (TPSA) is 167 Å². The number of likely N-dealkylation sites (tertiary alicyclic amines) is 1. The largest absolute Gasteiger partial charge is 0.493 e. The van der Waals surface area contributed by atoms with Crippen molar-refractivity contribution in [1.82, 2.24) is 15.3 Å². The van der Waals surface area contributed by atoms with Crippen molar-refractivity contribution in [3.8, 4) is 0 Å². The van der Waals surface area contributed by atoms with E-state index in [1.807, 2.05) is 0 Å². The summed E-state index contributed by atoms with van der Waals surface area (Å²) in [6.07, 6.45) is -9.94. The molecule has 0 saturated carbocycles. The lowest BCUT2D eigenvalue weighted by atomic mass is 9.94. The minimum absolute atomic E-state index is 0.417. The Bertz CT molecular complexity index is 547. The highest BCUT2D eigenvalue weighted by atomic mass is 19.4. The highest BCUT2D eigenvalue weighted by molar-refractivity contribution is 5.86. The Balaban J connectivity index is 2.65. The fraction of sp³-hybridized carbons (Fsp3) is 0.750. The highest BCUT2D eigenvalue weighted by Gasteiger charge is 2.43. The summed E-state index contributed by atoms with van der Waals surface area (Å²) in [5.41, 5.74) is 1.43. The quantitative estimate of drug-likeness (QED) is 0.165. The third kappa shape index (κ3) is 5.17. The molecular formula is C12H19F3N4O7. The van der Waals surface area contributed by atoms with Crippen molar-refractivity contribution in [3.63, 3.8) is 0 Å². The van der Waals surface area contributed by atoms with Gasteiger partial charge in [-0.3, -0.25) is 10.2 Å². The van der Waals surface area contributed by atoms with Crippen molar-refractivity contribution in [2.45, 2.75) is 30.5 Å². The Kier molecular flexibility index (Phi) is 7.14. The fourth-order valence-corrected chi connectivity index (χ4v) is 2.18. The lowest BCUT2D eigenvalue weighted by Gasteiger charge is -2.43. The summed E-state index contributed by atoms with van der Waals surface area (Å²) in [6.45, 7) is -1.76. The van der Waals surface area contributed by atoms with Crippen molar-refractivity contribution < 1.29 is 48.0 Å². The van der Waals surface area contributed by atoms with E-state index in [1.165, 1.54) is 5.48 Å². The Morgan fingerprint density at radius 3 is 2.38 bits per heavy atom. The molecule has 0 bridgehead atoms. The Hall–Kier alpha value is -2.16. The number of aliphatic hydroxyl groups excluding tert-OH is 4. The standard InChI is InChI=1S/C12H19F3N4O7/c1-18(11(16)17-26-10(25)12(13,14)15)3-7(22)19-2-6(21)9(24)8(23)5(19)4-20/h5-6,8-9,20-21,23-24H,2-4H2,1H3,(H2,16,17)/t5-,6-,8-,9-/m1/s1. The van der Waals surface area contributed by atoms with E-state index in [9.17, 15) is 43.2 Å². The fourth-order valence-electron chi connectivity index (χ4n) is 2.18. The second kappa shape index (κ2) is 8.48. The molecule has 6 N–H and O–H groups in total. The number of hydrogen-bond acceptors (Lipinski definition) is 8. The van der Waals surface area contributed by atoms with Crippen LogP contribution in [-0.4, -0.2) is 105 Å². The Morgan fingerprint density at radius 2 is 1.88 bits per heavy atom. The third-order valence-electron chi connectivity index (χ3n) is 3.66. The lowest BCUT2D eigenvalue weighted by Crippen LogP contribution is -2.65. The van der Waals surface area contributed by atoms with Crippen LogP contribution < -0.4 is 5.48 Å². The number of alkyl halides is 3. The van der Waals surface area contributed by atoms with Crippen LogP contribution in [0.25, 0.3) is 0 Å². The van der Waals surface area contributed by atoms with E-state index in [-0.39, 0.29) is 0 Å². The van der Waals surface area contributed by atoms with Crippen LogP contribution in [0.1, 0.15) is 0 Å². The molecule has 1 fully saturated rings. The summed E-state index contributed by atoms with van der Waals surface area (Å²) in [6, 6.07) is -1.22. The van der Waals surface area contributed by atoms with Gasteiger partial charge in [0.15, 0.2) is 0 Å². The molecule has 0 aromatic carbocycles. The SMILES string of the molecule is CN(CC(=O)N1C[C@@H](O)[C@@H](O)[C@H](O)[C@H]1CO)C(=N)NOC(=O)C(F)(F)F. The molecule has 4 atom stereocenters. The van der Waals surface area contributed by atoms with Gasteiger partial charge in [0.25, 0.3) is 0 Å². The maximum absolute atomic E-state index is 12.2. The van der Waals surface area contributed by atoms with Crippen LogP contribution in [0.4, 0.5) is 13.2 Å². The van der Waals surface area contributed by atoms with Gasteiger partial charge in [-0.15, -0.1) is 0 Å². The van der Waals surface area contributed by atoms with E-state index in [0.29, 0.717) is 0 Å². The van der Waals surface area contributed by atoms with Gasteiger partial charge in [-0.2, -0.15) is 18.7 Å². The number of piperidine rings is 1. The Morgan fingerprint density at radius 1 is 1.31 bits per heavy atom. The van der Waals surface area contributed by atoms with Crippen LogP contribution >= 0.6 is 0 Å². The molecular weight excluding hydrogens is 369 g/mol. The number of β-amino-alcohol motifs (C(OH)–C–C–N with tert-alkyl or cyclic N) is 1. The number of nitrogens with zero attached hydrogens (tertiary/aromatic N) is 2. The minimum Gasteiger partial charge on any atom is -0.394 e. The van der Waals surface area contributed by atoms with E-state index >= 15 is 0 Å². The smallest absolute Gasteiger partial charge is 0.394 e.